The fourth-order valence-electron chi connectivity index (χ4n) is 1.41. The van der Waals surface area contributed by atoms with Crippen LogP contribution in [-0.2, 0) is 0 Å². The zero-order valence-electron chi connectivity index (χ0n) is 8.55. The Morgan fingerprint density at radius 3 is 2.69 bits per heavy atom. The number of furan rings is 1. The fraction of sp³-hybridized carbons (Fsp3) is 0.636. The highest BCUT2D eigenvalue weighted by Gasteiger charge is 2.08. The van der Waals surface area contributed by atoms with Crippen LogP contribution in [0.4, 0.5) is 0 Å². The van der Waals surface area contributed by atoms with Gasteiger partial charge in [0, 0.05) is 0 Å². The maximum absolute atomic E-state index is 5.96. The summed E-state index contributed by atoms with van der Waals surface area (Å²) in [6, 6.07) is 4.03. The molecule has 2 N–H and O–H groups in total. The highest BCUT2D eigenvalue weighted by molar-refractivity contribution is 5.08. The number of hydrogen-bond acceptors (Lipinski definition) is 2. The van der Waals surface area contributed by atoms with Crippen molar-refractivity contribution in [2.75, 3.05) is 0 Å². The largest absolute Gasteiger partial charge is 0.465 e. The summed E-state index contributed by atoms with van der Waals surface area (Å²) < 4.78 is 5.45. The van der Waals surface area contributed by atoms with E-state index in [1.807, 2.05) is 19.1 Å². The summed E-state index contributed by atoms with van der Waals surface area (Å²) in [5.41, 5.74) is 5.96. The van der Waals surface area contributed by atoms with Gasteiger partial charge in [0.25, 0.3) is 0 Å². The Labute approximate surface area is 80.1 Å². The van der Waals surface area contributed by atoms with E-state index >= 15 is 0 Å². The number of aryl methyl sites for hydroxylation is 1. The Balaban J connectivity index is 2.35. The van der Waals surface area contributed by atoms with E-state index in [1.165, 1.54) is 19.3 Å². The van der Waals surface area contributed by atoms with Crippen LogP contribution < -0.4 is 5.73 Å². The molecule has 1 heterocycles. The van der Waals surface area contributed by atoms with E-state index < -0.39 is 0 Å². The first-order valence-electron chi connectivity index (χ1n) is 5.06. The SMILES string of the molecule is CCCCC[C@@H](N)c1ccc(C)o1. The Hall–Kier alpha value is -0.760. The normalized spacial score (nSPS) is 13.2. The lowest BCUT2D eigenvalue weighted by atomic mass is 10.1. The van der Waals surface area contributed by atoms with Gasteiger partial charge in [-0.15, -0.1) is 0 Å². The summed E-state index contributed by atoms with van der Waals surface area (Å²) in [4.78, 5) is 0. The lowest BCUT2D eigenvalue weighted by molar-refractivity contribution is 0.426. The Morgan fingerprint density at radius 1 is 1.38 bits per heavy atom. The molecule has 0 saturated carbocycles. The average molecular weight is 181 g/mol. The zero-order valence-corrected chi connectivity index (χ0v) is 8.55. The molecule has 0 saturated heterocycles. The molecule has 1 rings (SSSR count). The van der Waals surface area contributed by atoms with Crippen molar-refractivity contribution >= 4 is 0 Å². The van der Waals surface area contributed by atoms with Crippen LogP contribution in [-0.4, -0.2) is 0 Å². The summed E-state index contributed by atoms with van der Waals surface area (Å²) in [6.45, 7) is 4.14. The lowest BCUT2D eigenvalue weighted by Gasteiger charge is -2.07. The van der Waals surface area contributed by atoms with E-state index in [4.69, 9.17) is 10.2 Å². The van der Waals surface area contributed by atoms with Gasteiger partial charge in [0.15, 0.2) is 0 Å². The van der Waals surface area contributed by atoms with Crippen LogP contribution in [0.3, 0.4) is 0 Å². The van der Waals surface area contributed by atoms with E-state index in [0.29, 0.717) is 0 Å². The number of unbranched alkanes of at least 4 members (excludes halogenated alkanes) is 2. The molecule has 74 valence electrons. The van der Waals surface area contributed by atoms with Crippen LogP contribution >= 0.6 is 0 Å². The molecule has 0 aromatic carbocycles. The van der Waals surface area contributed by atoms with Gasteiger partial charge in [0.05, 0.1) is 6.04 Å². The Kier molecular flexibility index (Phi) is 4.03. The predicted octanol–water partition coefficient (Wildman–Crippen LogP) is 3.17. The van der Waals surface area contributed by atoms with Crippen LogP contribution in [0.5, 0.6) is 0 Å². The summed E-state index contributed by atoms with van der Waals surface area (Å²) >= 11 is 0. The van der Waals surface area contributed by atoms with Crippen LogP contribution in [0, 0.1) is 6.92 Å². The topological polar surface area (TPSA) is 39.2 Å². The molecule has 0 unspecified atom stereocenters. The van der Waals surface area contributed by atoms with Crippen molar-refractivity contribution in [2.45, 2.75) is 45.6 Å². The van der Waals surface area contributed by atoms with Crippen molar-refractivity contribution in [1.29, 1.82) is 0 Å². The van der Waals surface area contributed by atoms with Crippen molar-refractivity contribution in [3.63, 3.8) is 0 Å². The van der Waals surface area contributed by atoms with Crippen molar-refractivity contribution in [3.05, 3.63) is 23.7 Å². The number of hydrogen-bond donors (Lipinski definition) is 1. The average Bonchev–Trinajstić information content (AvgIpc) is 2.52. The summed E-state index contributed by atoms with van der Waals surface area (Å²) in [7, 11) is 0. The van der Waals surface area contributed by atoms with E-state index in [1.54, 1.807) is 0 Å². The minimum atomic E-state index is 0.0836. The maximum Gasteiger partial charge on any atom is 0.120 e. The predicted molar refractivity (Wildman–Crippen MR) is 54.5 cm³/mol. The minimum Gasteiger partial charge on any atom is -0.465 e. The third-order valence-electron chi connectivity index (χ3n) is 2.25. The molecule has 0 spiro atoms. The van der Waals surface area contributed by atoms with Gasteiger partial charge in [-0.2, -0.15) is 0 Å². The smallest absolute Gasteiger partial charge is 0.120 e. The quantitative estimate of drug-likeness (QED) is 0.709. The summed E-state index contributed by atoms with van der Waals surface area (Å²) in [5.74, 6) is 1.87. The van der Waals surface area contributed by atoms with Crippen LogP contribution in [0.15, 0.2) is 16.5 Å². The molecule has 0 amide bonds. The van der Waals surface area contributed by atoms with E-state index in [-0.39, 0.29) is 6.04 Å². The Morgan fingerprint density at radius 2 is 2.15 bits per heavy atom. The second-order valence-corrected chi connectivity index (χ2v) is 3.55. The Bertz CT molecular complexity index is 242. The molecule has 0 aliphatic rings. The van der Waals surface area contributed by atoms with Crippen molar-refractivity contribution in [1.82, 2.24) is 0 Å². The van der Waals surface area contributed by atoms with Crippen molar-refractivity contribution < 1.29 is 4.42 Å². The van der Waals surface area contributed by atoms with Gasteiger partial charge < -0.3 is 10.2 Å². The molecular weight excluding hydrogens is 162 g/mol. The van der Waals surface area contributed by atoms with Gasteiger partial charge in [-0.05, 0) is 25.5 Å². The first-order chi connectivity index (χ1) is 6.24. The lowest BCUT2D eigenvalue weighted by Crippen LogP contribution is -2.08. The van der Waals surface area contributed by atoms with E-state index in [2.05, 4.69) is 6.92 Å². The second-order valence-electron chi connectivity index (χ2n) is 3.55. The van der Waals surface area contributed by atoms with Gasteiger partial charge >= 0.3 is 0 Å². The first kappa shape index (κ1) is 10.3. The van der Waals surface area contributed by atoms with Crippen molar-refractivity contribution in [2.24, 2.45) is 5.73 Å². The van der Waals surface area contributed by atoms with Crippen LogP contribution in [0.1, 0.15) is 50.2 Å². The minimum absolute atomic E-state index is 0.0836. The molecule has 2 nitrogen and oxygen atoms in total. The molecule has 0 fully saturated rings. The van der Waals surface area contributed by atoms with Crippen LogP contribution in [0.2, 0.25) is 0 Å². The van der Waals surface area contributed by atoms with Gasteiger partial charge in [0.2, 0.25) is 0 Å². The molecule has 0 aliphatic heterocycles. The van der Waals surface area contributed by atoms with Gasteiger partial charge in [0.1, 0.15) is 11.5 Å². The molecule has 1 atom stereocenters. The highest BCUT2D eigenvalue weighted by atomic mass is 16.3. The maximum atomic E-state index is 5.96. The summed E-state index contributed by atoms with van der Waals surface area (Å²) in [5, 5.41) is 0. The zero-order chi connectivity index (χ0) is 9.68. The number of rotatable bonds is 5. The summed E-state index contributed by atoms with van der Waals surface area (Å²) in [6.07, 6.45) is 4.72. The molecule has 0 aliphatic carbocycles. The third-order valence-corrected chi connectivity index (χ3v) is 2.25. The van der Waals surface area contributed by atoms with E-state index in [9.17, 15) is 0 Å². The molecule has 2 heteroatoms. The van der Waals surface area contributed by atoms with Crippen LogP contribution in [0.25, 0.3) is 0 Å². The van der Waals surface area contributed by atoms with Crippen molar-refractivity contribution in [3.8, 4) is 0 Å². The molecule has 0 bridgehead atoms. The first-order valence-corrected chi connectivity index (χ1v) is 5.06. The van der Waals surface area contributed by atoms with Gasteiger partial charge in [-0.3, -0.25) is 0 Å². The molecule has 1 aromatic rings. The fourth-order valence-corrected chi connectivity index (χ4v) is 1.41. The molecule has 0 radical (unpaired) electrons. The molecule has 13 heavy (non-hydrogen) atoms. The number of nitrogens with two attached hydrogens (primary N) is 1. The van der Waals surface area contributed by atoms with Gasteiger partial charge in [-0.25, -0.2) is 0 Å². The third kappa shape index (κ3) is 3.23. The van der Waals surface area contributed by atoms with Gasteiger partial charge in [-0.1, -0.05) is 26.2 Å². The monoisotopic (exact) mass is 181 g/mol. The molecule has 1 aromatic heterocycles. The highest BCUT2D eigenvalue weighted by Crippen LogP contribution is 2.19. The van der Waals surface area contributed by atoms with E-state index in [0.717, 1.165) is 17.9 Å². The second kappa shape index (κ2) is 5.07. The standard InChI is InChI=1S/C11H19NO/c1-3-4-5-6-10(12)11-8-7-9(2)13-11/h7-8,10H,3-6,12H2,1-2H3/t10-/m1/s1. The molecular formula is C11H19NO.